The molecule has 5 nitrogen and oxygen atoms in total. The van der Waals surface area contributed by atoms with E-state index in [1.54, 1.807) is 16.8 Å². The molecule has 2 heterocycles. The Labute approximate surface area is 182 Å². The van der Waals surface area contributed by atoms with E-state index in [2.05, 4.69) is 9.39 Å². The number of benzene rings is 2. The van der Waals surface area contributed by atoms with Gasteiger partial charge in [0, 0.05) is 6.54 Å². The van der Waals surface area contributed by atoms with Crippen LogP contribution >= 0.6 is 9.39 Å². The minimum Gasteiger partial charge on any atom is -0.493 e. The van der Waals surface area contributed by atoms with Crippen molar-refractivity contribution in [3.63, 3.8) is 0 Å². The maximum Gasteiger partial charge on any atom is 0.153 e. The molecule has 0 radical (unpaired) electrons. The highest BCUT2D eigenvalue weighted by atomic mass is 31.0. The zero-order valence-electron chi connectivity index (χ0n) is 17.1. The zero-order valence-corrected chi connectivity index (χ0v) is 18.3. The van der Waals surface area contributed by atoms with E-state index < -0.39 is 12.2 Å². The van der Waals surface area contributed by atoms with Gasteiger partial charge >= 0.3 is 0 Å². The summed E-state index contributed by atoms with van der Waals surface area (Å²) in [7, 11) is 2.49. The Hall–Kier alpha value is -2.08. The molecule has 0 bridgehead atoms. The van der Waals surface area contributed by atoms with Gasteiger partial charge in [0.15, 0.2) is 5.78 Å². The Bertz CT molecular complexity index is 957. The molecule has 31 heavy (non-hydrogen) atoms. The molecule has 0 fully saturated rings. The van der Waals surface area contributed by atoms with Crippen LogP contribution < -0.4 is 9.47 Å². The molecule has 2 aromatic carbocycles. The van der Waals surface area contributed by atoms with Crippen LogP contribution in [0, 0.1) is 17.6 Å². The Kier molecular flexibility index (Phi) is 6.85. The summed E-state index contributed by atoms with van der Waals surface area (Å²) in [5.74, 6) is 0.338. The number of ether oxygens (including phenoxy) is 2. The molecule has 1 N–H and O–H groups in total. The number of hydrogen-bond acceptors (Lipinski definition) is 5. The number of aryl methyl sites for hydroxylation is 2. The molecule has 4 rings (SSSR count). The predicted octanol–water partition coefficient (Wildman–Crippen LogP) is 3.32. The van der Waals surface area contributed by atoms with E-state index in [1.807, 2.05) is 0 Å². The number of nitrogens with zero attached hydrogens (tertiary/aromatic N) is 1. The van der Waals surface area contributed by atoms with Gasteiger partial charge in [-0.2, -0.15) is 0 Å². The number of carbonyl (C=O) groups excluding carboxylic acids is 1. The van der Waals surface area contributed by atoms with Crippen molar-refractivity contribution in [3.8, 4) is 11.5 Å². The van der Waals surface area contributed by atoms with Gasteiger partial charge in [0.25, 0.3) is 0 Å². The number of carbonyl (C=O) groups is 1. The number of halogens is 2. The summed E-state index contributed by atoms with van der Waals surface area (Å²) in [5.41, 5.74) is 1.58. The molecule has 2 aliphatic heterocycles. The summed E-state index contributed by atoms with van der Waals surface area (Å²) in [5, 5.41) is 10.6. The van der Waals surface area contributed by atoms with Crippen molar-refractivity contribution < 1.29 is 28.2 Å². The molecule has 166 valence electrons. The van der Waals surface area contributed by atoms with E-state index in [1.165, 1.54) is 24.3 Å². The number of ketones is 1. The topological polar surface area (TPSA) is 59.0 Å². The molecule has 0 aromatic heterocycles. The molecule has 2 aliphatic rings. The second-order valence-corrected chi connectivity index (χ2v) is 8.94. The fraction of sp³-hybridized carbons (Fsp3) is 0.435. The van der Waals surface area contributed by atoms with Crippen LogP contribution in [0.3, 0.4) is 0 Å². The van der Waals surface area contributed by atoms with E-state index in [0.29, 0.717) is 37.2 Å². The van der Waals surface area contributed by atoms with Crippen molar-refractivity contribution in [2.24, 2.45) is 5.92 Å². The Morgan fingerprint density at radius 2 is 1.74 bits per heavy atom. The van der Waals surface area contributed by atoms with Crippen LogP contribution in [-0.4, -0.2) is 47.5 Å². The van der Waals surface area contributed by atoms with Crippen molar-refractivity contribution >= 4 is 15.2 Å². The summed E-state index contributed by atoms with van der Waals surface area (Å²) < 4.78 is 40.1. The summed E-state index contributed by atoms with van der Waals surface area (Å²) in [4.78, 5) is 12.8. The molecule has 0 amide bonds. The lowest BCUT2D eigenvalue weighted by molar-refractivity contribution is -0.124. The highest BCUT2D eigenvalue weighted by molar-refractivity contribution is 7.13. The maximum absolute atomic E-state index is 13.4. The first-order chi connectivity index (χ1) is 14.9. The third kappa shape index (κ3) is 5.40. The number of rotatable bonds is 6. The predicted molar refractivity (Wildman–Crippen MR) is 115 cm³/mol. The van der Waals surface area contributed by atoms with E-state index in [4.69, 9.17) is 9.47 Å². The minimum atomic E-state index is -0.791. The van der Waals surface area contributed by atoms with Crippen molar-refractivity contribution in [1.82, 2.24) is 4.67 Å². The van der Waals surface area contributed by atoms with Gasteiger partial charge in [-0.1, -0.05) is 9.39 Å². The van der Waals surface area contributed by atoms with Crippen molar-refractivity contribution in [2.75, 3.05) is 19.7 Å². The van der Waals surface area contributed by atoms with Crippen LogP contribution in [-0.2, 0) is 17.6 Å². The number of aliphatic hydroxyl groups excluding tert-OH is 1. The molecular formula is C23H26F2NO4P. The number of aliphatic hydroxyl groups is 1. The zero-order chi connectivity index (χ0) is 22.0. The quantitative estimate of drug-likeness (QED) is 0.686. The molecule has 0 saturated carbocycles. The first kappa shape index (κ1) is 22.1. The van der Waals surface area contributed by atoms with Crippen LogP contribution in [0.2, 0.25) is 0 Å². The van der Waals surface area contributed by atoms with Gasteiger partial charge in [-0.15, -0.1) is 0 Å². The van der Waals surface area contributed by atoms with Gasteiger partial charge < -0.3 is 14.6 Å². The fourth-order valence-electron chi connectivity index (χ4n) is 4.14. The second kappa shape index (κ2) is 9.60. The lowest BCUT2D eigenvalue weighted by Gasteiger charge is -2.31. The van der Waals surface area contributed by atoms with Crippen molar-refractivity contribution in [3.05, 3.63) is 59.2 Å². The average molecular weight is 449 g/mol. The van der Waals surface area contributed by atoms with Gasteiger partial charge in [0.1, 0.15) is 35.3 Å². The van der Waals surface area contributed by atoms with Crippen LogP contribution in [0.1, 0.15) is 24.0 Å². The highest BCUT2D eigenvalue weighted by Crippen LogP contribution is 2.30. The smallest absolute Gasteiger partial charge is 0.153 e. The second-order valence-electron chi connectivity index (χ2n) is 8.21. The molecule has 0 aliphatic carbocycles. The van der Waals surface area contributed by atoms with Gasteiger partial charge in [0.2, 0.25) is 0 Å². The average Bonchev–Trinajstić information content (AvgIpc) is 2.95. The molecule has 0 saturated heterocycles. The van der Waals surface area contributed by atoms with Gasteiger partial charge in [0.05, 0.1) is 19.1 Å². The standard InChI is InChI=1S/C23H26F2NO4P/c24-17-4-7-21-14(9-17)1-2-16(13-29-21)19(27)11-26(31)12-20(28)23-6-3-15-10-18(25)5-8-22(15)30-23/h4-5,7-10,16,20,23,28H,1-3,6,11-13,31H2. The molecular weight excluding hydrogens is 423 g/mol. The molecule has 0 spiro atoms. The van der Waals surface area contributed by atoms with Gasteiger partial charge in [-0.3, -0.25) is 9.46 Å². The molecule has 2 aromatic rings. The normalized spacial score (nSPS) is 21.3. The Morgan fingerprint density at radius 3 is 2.48 bits per heavy atom. The Balaban J connectivity index is 1.28. The lowest BCUT2D eigenvalue weighted by atomic mass is 9.96. The minimum absolute atomic E-state index is 0.0147. The molecule has 4 unspecified atom stereocenters. The van der Waals surface area contributed by atoms with E-state index >= 15 is 0 Å². The van der Waals surface area contributed by atoms with E-state index in [-0.39, 0.29) is 43.0 Å². The SMILES string of the molecule is O=C(CN(P)CC(O)C1CCc2cc(F)ccc2O1)C1CCc2cc(F)ccc2OC1. The third-order valence-electron chi connectivity index (χ3n) is 5.89. The summed E-state index contributed by atoms with van der Waals surface area (Å²) in [6, 6.07) is 8.80. The molecule has 8 heteroatoms. The van der Waals surface area contributed by atoms with E-state index in [0.717, 1.165) is 11.1 Å². The Morgan fingerprint density at radius 1 is 1.10 bits per heavy atom. The van der Waals surface area contributed by atoms with Crippen LogP contribution in [0.15, 0.2) is 36.4 Å². The monoisotopic (exact) mass is 449 g/mol. The van der Waals surface area contributed by atoms with Crippen molar-refractivity contribution in [1.29, 1.82) is 0 Å². The summed E-state index contributed by atoms with van der Waals surface area (Å²) in [6.07, 6.45) is 1.18. The number of Topliss-reactive ketones (excluding diaryl/α,β-unsaturated/α-hetero) is 1. The first-order valence-electron chi connectivity index (χ1n) is 10.5. The van der Waals surface area contributed by atoms with Crippen LogP contribution in [0.25, 0.3) is 0 Å². The fourth-order valence-corrected chi connectivity index (χ4v) is 4.54. The number of hydrogen-bond donors (Lipinski definition) is 1. The third-order valence-corrected chi connectivity index (χ3v) is 6.28. The number of fused-ring (bicyclic) bond motifs is 2. The van der Waals surface area contributed by atoms with E-state index in [9.17, 15) is 18.7 Å². The van der Waals surface area contributed by atoms with Crippen molar-refractivity contribution in [2.45, 2.75) is 37.9 Å². The largest absolute Gasteiger partial charge is 0.493 e. The highest BCUT2D eigenvalue weighted by Gasteiger charge is 2.29. The van der Waals surface area contributed by atoms with Gasteiger partial charge in [-0.25, -0.2) is 8.78 Å². The molecule has 4 atom stereocenters. The lowest BCUT2D eigenvalue weighted by Crippen LogP contribution is -2.42. The summed E-state index contributed by atoms with van der Waals surface area (Å²) >= 11 is 0. The van der Waals surface area contributed by atoms with Gasteiger partial charge in [-0.05, 0) is 73.2 Å². The van der Waals surface area contributed by atoms with Crippen LogP contribution in [0.4, 0.5) is 8.78 Å². The maximum atomic E-state index is 13.4. The first-order valence-corrected chi connectivity index (χ1v) is 11.0. The summed E-state index contributed by atoms with van der Waals surface area (Å²) in [6.45, 7) is 0.656. The van der Waals surface area contributed by atoms with Crippen LogP contribution in [0.5, 0.6) is 11.5 Å².